The van der Waals surface area contributed by atoms with Gasteiger partial charge in [0, 0.05) is 11.7 Å². The standard InChI is InChI=1S/C27H33N3O2S/c1-16-9-10-21(18(3)13-16)30-25(31)23-14-24-22(11-12-33-24)29(23)15-27(30,5)26(32)28-20-8-6-7-17(2)19(20)4/h9-14,17,19-20H,6-8,15H2,1-5H3,(H,28,32)/t17-,19+,20-,27-/m1/s1. The number of hydrogen-bond acceptors (Lipinski definition) is 3. The second-order valence-corrected chi connectivity index (χ2v) is 11.3. The van der Waals surface area contributed by atoms with E-state index in [0.717, 1.165) is 39.9 Å². The summed E-state index contributed by atoms with van der Waals surface area (Å²) in [6.45, 7) is 10.9. The molecule has 4 atom stereocenters. The molecule has 0 radical (unpaired) electrons. The highest BCUT2D eigenvalue weighted by Gasteiger charge is 2.49. The Labute approximate surface area is 199 Å². The predicted octanol–water partition coefficient (Wildman–Crippen LogP) is 5.68. The highest BCUT2D eigenvalue weighted by atomic mass is 32.1. The summed E-state index contributed by atoms with van der Waals surface area (Å²) in [5.74, 6) is 0.830. The third kappa shape index (κ3) is 3.50. The molecule has 174 valence electrons. The van der Waals surface area contributed by atoms with Crippen molar-refractivity contribution in [2.24, 2.45) is 11.8 Å². The number of rotatable bonds is 3. The van der Waals surface area contributed by atoms with Crippen molar-refractivity contribution in [3.8, 4) is 0 Å². The third-order valence-electron chi connectivity index (χ3n) is 8.01. The van der Waals surface area contributed by atoms with Crippen LogP contribution >= 0.6 is 11.3 Å². The molecule has 2 amide bonds. The van der Waals surface area contributed by atoms with Crippen molar-refractivity contribution in [1.29, 1.82) is 0 Å². The summed E-state index contributed by atoms with van der Waals surface area (Å²) in [7, 11) is 0. The number of nitrogens with one attached hydrogen (secondary N) is 1. The van der Waals surface area contributed by atoms with Crippen LogP contribution < -0.4 is 10.2 Å². The van der Waals surface area contributed by atoms with E-state index in [4.69, 9.17) is 0 Å². The topological polar surface area (TPSA) is 54.3 Å². The van der Waals surface area contributed by atoms with E-state index >= 15 is 0 Å². The van der Waals surface area contributed by atoms with Crippen LogP contribution in [0.3, 0.4) is 0 Å². The van der Waals surface area contributed by atoms with Crippen molar-refractivity contribution in [3.05, 3.63) is 52.5 Å². The van der Waals surface area contributed by atoms with E-state index in [0.29, 0.717) is 24.1 Å². The van der Waals surface area contributed by atoms with Crippen molar-refractivity contribution in [2.75, 3.05) is 4.90 Å². The zero-order chi connectivity index (χ0) is 23.5. The van der Waals surface area contributed by atoms with Crippen LogP contribution in [-0.4, -0.2) is 28.0 Å². The summed E-state index contributed by atoms with van der Waals surface area (Å²) in [4.78, 5) is 29.8. The minimum atomic E-state index is -1.03. The first kappa shape index (κ1) is 22.2. The van der Waals surface area contributed by atoms with Crippen molar-refractivity contribution >= 4 is 39.1 Å². The Balaban J connectivity index is 1.60. The highest BCUT2D eigenvalue weighted by Crippen LogP contribution is 2.39. The quantitative estimate of drug-likeness (QED) is 0.543. The van der Waals surface area contributed by atoms with Gasteiger partial charge in [-0.3, -0.25) is 14.5 Å². The number of amides is 2. The second-order valence-electron chi connectivity index (χ2n) is 10.3. The normalized spacial score (nSPS) is 27.6. The van der Waals surface area contributed by atoms with Crippen LogP contribution in [0.2, 0.25) is 0 Å². The van der Waals surface area contributed by atoms with E-state index in [2.05, 4.69) is 25.2 Å². The predicted molar refractivity (Wildman–Crippen MR) is 135 cm³/mol. The van der Waals surface area contributed by atoms with Crippen LogP contribution in [0, 0.1) is 25.7 Å². The first-order chi connectivity index (χ1) is 15.7. The summed E-state index contributed by atoms with van der Waals surface area (Å²) >= 11 is 1.63. The lowest BCUT2D eigenvalue weighted by atomic mass is 9.77. The molecule has 2 aromatic heterocycles. The Morgan fingerprint density at radius 1 is 1.15 bits per heavy atom. The van der Waals surface area contributed by atoms with Gasteiger partial charge in [-0.25, -0.2) is 0 Å². The molecule has 1 fully saturated rings. The van der Waals surface area contributed by atoms with Gasteiger partial charge in [0.15, 0.2) is 0 Å². The van der Waals surface area contributed by atoms with E-state index in [9.17, 15) is 9.59 Å². The summed E-state index contributed by atoms with van der Waals surface area (Å²) < 4.78 is 3.12. The summed E-state index contributed by atoms with van der Waals surface area (Å²) in [5, 5.41) is 5.42. The second kappa shape index (κ2) is 8.01. The van der Waals surface area contributed by atoms with Gasteiger partial charge in [0.25, 0.3) is 5.91 Å². The fourth-order valence-electron chi connectivity index (χ4n) is 5.76. The first-order valence-electron chi connectivity index (χ1n) is 12.0. The number of thiophene rings is 1. The van der Waals surface area contributed by atoms with Crippen LogP contribution in [0.1, 0.15) is 61.6 Å². The number of aryl methyl sites for hydroxylation is 2. The Hall–Kier alpha value is -2.60. The summed E-state index contributed by atoms with van der Waals surface area (Å²) in [6.07, 6.45) is 3.33. The minimum Gasteiger partial charge on any atom is -0.351 e. The number of carbonyl (C=O) groups excluding carboxylic acids is 2. The number of anilines is 1. The molecule has 0 unspecified atom stereocenters. The van der Waals surface area contributed by atoms with E-state index < -0.39 is 5.54 Å². The highest BCUT2D eigenvalue weighted by molar-refractivity contribution is 7.17. The molecule has 0 spiro atoms. The number of carbonyl (C=O) groups is 2. The third-order valence-corrected chi connectivity index (χ3v) is 8.86. The maximum absolute atomic E-state index is 14.0. The smallest absolute Gasteiger partial charge is 0.275 e. The lowest BCUT2D eigenvalue weighted by Gasteiger charge is -2.46. The van der Waals surface area contributed by atoms with Gasteiger partial charge in [0.2, 0.25) is 5.91 Å². The maximum Gasteiger partial charge on any atom is 0.275 e. The monoisotopic (exact) mass is 463 g/mol. The number of nitrogens with zero attached hydrogens (tertiary/aromatic N) is 2. The lowest BCUT2D eigenvalue weighted by Crippen LogP contribution is -2.66. The molecule has 1 saturated carbocycles. The zero-order valence-corrected chi connectivity index (χ0v) is 21.0. The van der Waals surface area contributed by atoms with E-state index in [1.54, 1.807) is 16.2 Å². The van der Waals surface area contributed by atoms with Crippen molar-refractivity contribution in [1.82, 2.24) is 9.88 Å². The van der Waals surface area contributed by atoms with E-state index in [-0.39, 0.29) is 17.9 Å². The molecule has 1 aromatic carbocycles. The Morgan fingerprint density at radius 2 is 1.94 bits per heavy atom. The van der Waals surface area contributed by atoms with Crippen LogP contribution in [0.4, 0.5) is 5.69 Å². The van der Waals surface area contributed by atoms with Crippen LogP contribution in [0.25, 0.3) is 10.2 Å². The van der Waals surface area contributed by atoms with Crippen LogP contribution in [0.5, 0.6) is 0 Å². The number of fused-ring (bicyclic) bond motifs is 3. The molecule has 3 aromatic rings. The largest absolute Gasteiger partial charge is 0.351 e. The Kier molecular flexibility index (Phi) is 5.39. The van der Waals surface area contributed by atoms with Crippen LogP contribution in [-0.2, 0) is 11.3 Å². The SMILES string of the molecule is Cc1ccc(N2C(=O)c3cc4sccc4n3C[C@]2(C)C(=O)N[C@@H]2CCC[C@@H](C)[C@@H]2C)c(C)c1. The van der Waals surface area contributed by atoms with Gasteiger partial charge >= 0.3 is 0 Å². The summed E-state index contributed by atoms with van der Waals surface area (Å²) in [6, 6.07) is 10.2. The van der Waals surface area contributed by atoms with Gasteiger partial charge < -0.3 is 9.88 Å². The maximum atomic E-state index is 14.0. The molecule has 1 aliphatic carbocycles. The van der Waals surface area contributed by atoms with Crippen molar-refractivity contribution in [2.45, 2.75) is 72.0 Å². The summed E-state index contributed by atoms with van der Waals surface area (Å²) in [5.41, 5.74) is 3.61. The number of aromatic nitrogens is 1. The number of hydrogen-bond donors (Lipinski definition) is 1. The van der Waals surface area contributed by atoms with Gasteiger partial charge in [0.05, 0.1) is 16.8 Å². The van der Waals surface area contributed by atoms with Gasteiger partial charge in [0.1, 0.15) is 11.2 Å². The molecule has 2 aliphatic rings. The van der Waals surface area contributed by atoms with Gasteiger partial charge in [-0.1, -0.05) is 44.4 Å². The number of benzene rings is 1. The average molecular weight is 464 g/mol. The minimum absolute atomic E-state index is 0.0653. The lowest BCUT2D eigenvalue weighted by molar-refractivity contribution is -0.128. The van der Waals surface area contributed by atoms with Gasteiger partial charge in [-0.2, -0.15) is 0 Å². The van der Waals surface area contributed by atoms with Crippen LogP contribution in [0.15, 0.2) is 35.7 Å². The molecule has 5 rings (SSSR count). The Bertz CT molecular complexity index is 1240. The first-order valence-corrected chi connectivity index (χ1v) is 12.9. The molecule has 33 heavy (non-hydrogen) atoms. The molecule has 6 heteroatoms. The fraction of sp³-hybridized carbons (Fsp3) is 0.481. The molecule has 5 nitrogen and oxygen atoms in total. The average Bonchev–Trinajstić information content (AvgIpc) is 3.35. The van der Waals surface area contributed by atoms with Gasteiger partial charge in [-0.15, -0.1) is 11.3 Å². The molecule has 3 heterocycles. The molecular formula is C27H33N3O2S. The van der Waals surface area contributed by atoms with Crippen molar-refractivity contribution in [3.63, 3.8) is 0 Å². The Morgan fingerprint density at radius 3 is 2.70 bits per heavy atom. The molecule has 1 aliphatic heterocycles. The molecular weight excluding hydrogens is 430 g/mol. The van der Waals surface area contributed by atoms with Crippen molar-refractivity contribution < 1.29 is 9.59 Å². The molecule has 0 saturated heterocycles. The van der Waals surface area contributed by atoms with E-state index in [1.807, 2.05) is 55.0 Å². The zero-order valence-electron chi connectivity index (χ0n) is 20.1. The fourth-order valence-corrected chi connectivity index (χ4v) is 6.58. The molecule has 0 bridgehead atoms. The molecule has 1 N–H and O–H groups in total. The van der Waals surface area contributed by atoms with Gasteiger partial charge in [-0.05, 0) is 68.2 Å². The van der Waals surface area contributed by atoms with E-state index in [1.165, 1.54) is 6.42 Å².